The molecule has 0 saturated carbocycles. The number of aliphatic carboxylic acids is 1. The third-order valence-electron chi connectivity index (χ3n) is 2.69. The van der Waals surface area contributed by atoms with E-state index in [9.17, 15) is 22.8 Å². The molecule has 0 saturated heterocycles. The number of carbonyl (C=O) groups excluding carboxylic acids is 1. The number of carboxylic acid groups (broad SMARTS) is 1. The number of hydrogen-bond donors (Lipinski definition) is 2. The fourth-order valence-corrected chi connectivity index (χ4v) is 1.58. The van der Waals surface area contributed by atoms with Crippen molar-refractivity contribution in [3.8, 4) is 0 Å². The number of carboxylic acids is 1. The maximum Gasteiger partial charge on any atom is 0.416 e. The SMILES string of the molecule is CC[C@@H](NC(=O)Cc1ccc(C(F)(F)F)cc1)C(=O)O. The van der Waals surface area contributed by atoms with Gasteiger partial charge in [0.05, 0.1) is 12.0 Å². The minimum absolute atomic E-state index is 0.165. The van der Waals surface area contributed by atoms with Gasteiger partial charge < -0.3 is 10.4 Å². The van der Waals surface area contributed by atoms with Gasteiger partial charge in [-0.25, -0.2) is 4.79 Å². The van der Waals surface area contributed by atoms with Crippen LogP contribution in [0.4, 0.5) is 13.2 Å². The van der Waals surface area contributed by atoms with Crippen molar-refractivity contribution in [2.45, 2.75) is 32.0 Å². The van der Waals surface area contributed by atoms with Gasteiger partial charge in [-0.2, -0.15) is 13.2 Å². The fourth-order valence-electron chi connectivity index (χ4n) is 1.58. The van der Waals surface area contributed by atoms with Gasteiger partial charge in [-0.15, -0.1) is 0 Å². The Balaban J connectivity index is 2.65. The monoisotopic (exact) mass is 289 g/mol. The smallest absolute Gasteiger partial charge is 0.416 e. The molecule has 0 heterocycles. The van der Waals surface area contributed by atoms with Crippen LogP contribution in [0.25, 0.3) is 0 Å². The van der Waals surface area contributed by atoms with Crippen molar-refractivity contribution < 1.29 is 27.9 Å². The summed E-state index contributed by atoms with van der Waals surface area (Å²) in [4.78, 5) is 22.3. The van der Waals surface area contributed by atoms with E-state index in [-0.39, 0.29) is 12.8 Å². The summed E-state index contributed by atoms with van der Waals surface area (Å²) >= 11 is 0. The van der Waals surface area contributed by atoms with Gasteiger partial charge >= 0.3 is 12.1 Å². The molecule has 1 aromatic rings. The van der Waals surface area contributed by atoms with Gasteiger partial charge in [0.1, 0.15) is 6.04 Å². The van der Waals surface area contributed by atoms with E-state index in [1.807, 2.05) is 0 Å². The Bertz CT molecular complexity index is 483. The molecule has 4 nitrogen and oxygen atoms in total. The van der Waals surface area contributed by atoms with Crippen LogP contribution in [0.15, 0.2) is 24.3 Å². The predicted octanol–water partition coefficient (Wildman–Crippen LogP) is 2.23. The van der Waals surface area contributed by atoms with Crippen LogP contribution >= 0.6 is 0 Å². The summed E-state index contributed by atoms with van der Waals surface area (Å²) in [6.45, 7) is 1.61. The molecule has 0 radical (unpaired) electrons. The molecule has 2 N–H and O–H groups in total. The number of alkyl halides is 3. The summed E-state index contributed by atoms with van der Waals surface area (Å²) in [6.07, 6.45) is -4.35. The average Bonchev–Trinajstić information content (AvgIpc) is 2.35. The number of carbonyl (C=O) groups is 2. The molecule has 1 amide bonds. The summed E-state index contributed by atoms with van der Waals surface area (Å²) < 4.78 is 37.0. The van der Waals surface area contributed by atoms with Crippen molar-refractivity contribution in [3.63, 3.8) is 0 Å². The van der Waals surface area contributed by atoms with Crippen molar-refractivity contribution >= 4 is 11.9 Å². The van der Waals surface area contributed by atoms with Crippen LogP contribution in [0, 0.1) is 0 Å². The number of hydrogen-bond acceptors (Lipinski definition) is 2. The van der Waals surface area contributed by atoms with Crippen molar-refractivity contribution in [2.24, 2.45) is 0 Å². The van der Waals surface area contributed by atoms with E-state index in [1.165, 1.54) is 12.1 Å². The van der Waals surface area contributed by atoms with Crippen LogP contribution in [0.3, 0.4) is 0 Å². The van der Waals surface area contributed by atoms with E-state index in [4.69, 9.17) is 5.11 Å². The van der Waals surface area contributed by atoms with Crippen LogP contribution in [0.5, 0.6) is 0 Å². The highest BCUT2D eigenvalue weighted by atomic mass is 19.4. The Morgan fingerprint density at radius 2 is 1.80 bits per heavy atom. The number of nitrogens with one attached hydrogen (secondary N) is 1. The summed E-state index contributed by atoms with van der Waals surface area (Å²) in [5.74, 6) is -1.69. The second kappa shape index (κ2) is 6.40. The third-order valence-corrected chi connectivity index (χ3v) is 2.69. The van der Waals surface area contributed by atoms with Crippen LogP contribution in [-0.2, 0) is 22.2 Å². The number of rotatable bonds is 5. The highest BCUT2D eigenvalue weighted by molar-refractivity contribution is 5.84. The zero-order chi connectivity index (χ0) is 15.3. The Morgan fingerprint density at radius 1 is 1.25 bits per heavy atom. The molecule has 0 bridgehead atoms. The molecule has 0 unspecified atom stereocenters. The normalized spacial score (nSPS) is 12.8. The zero-order valence-corrected chi connectivity index (χ0v) is 10.7. The molecule has 0 aromatic heterocycles. The lowest BCUT2D eigenvalue weighted by Gasteiger charge is -2.12. The lowest BCUT2D eigenvalue weighted by molar-refractivity contribution is -0.141. The molecule has 1 rings (SSSR count). The maximum atomic E-state index is 12.3. The molecule has 0 spiro atoms. The van der Waals surface area contributed by atoms with Crippen molar-refractivity contribution in [2.75, 3.05) is 0 Å². The van der Waals surface area contributed by atoms with Crippen LogP contribution < -0.4 is 5.32 Å². The zero-order valence-electron chi connectivity index (χ0n) is 10.7. The van der Waals surface area contributed by atoms with E-state index >= 15 is 0 Å². The van der Waals surface area contributed by atoms with E-state index in [0.29, 0.717) is 5.56 Å². The molecule has 1 aromatic carbocycles. The summed E-state index contributed by atoms with van der Waals surface area (Å²) in [7, 11) is 0. The summed E-state index contributed by atoms with van der Waals surface area (Å²) in [5.41, 5.74) is -0.408. The number of benzene rings is 1. The van der Waals surface area contributed by atoms with Crippen LogP contribution in [0.1, 0.15) is 24.5 Å². The summed E-state index contributed by atoms with van der Waals surface area (Å²) in [5, 5.41) is 11.1. The fraction of sp³-hybridized carbons (Fsp3) is 0.385. The topological polar surface area (TPSA) is 66.4 Å². The molecular formula is C13H14F3NO3. The van der Waals surface area contributed by atoms with Crippen molar-refractivity contribution in [3.05, 3.63) is 35.4 Å². The molecule has 0 aliphatic heterocycles. The van der Waals surface area contributed by atoms with Gasteiger partial charge in [0.15, 0.2) is 0 Å². The molecule has 7 heteroatoms. The Hall–Kier alpha value is -2.05. The molecule has 0 fully saturated rings. The lowest BCUT2D eigenvalue weighted by Crippen LogP contribution is -2.40. The molecule has 0 aliphatic rings. The Morgan fingerprint density at radius 3 is 2.20 bits per heavy atom. The first-order chi connectivity index (χ1) is 9.24. The van der Waals surface area contributed by atoms with Gasteiger partial charge in [-0.05, 0) is 24.1 Å². The lowest BCUT2D eigenvalue weighted by atomic mass is 10.1. The number of halogens is 3. The van der Waals surface area contributed by atoms with Crippen LogP contribution in [-0.4, -0.2) is 23.0 Å². The van der Waals surface area contributed by atoms with Gasteiger partial charge in [0, 0.05) is 0 Å². The van der Waals surface area contributed by atoms with Crippen LogP contribution in [0.2, 0.25) is 0 Å². The quantitative estimate of drug-likeness (QED) is 0.873. The number of amides is 1. The van der Waals surface area contributed by atoms with Gasteiger partial charge in [-0.3, -0.25) is 4.79 Å². The first kappa shape index (κ1) is 16.0. The van der Waals surface area contributed by atoms with E-state index in [1.54, 1.807) is 6.92 Å². The second-order valence-corrected chi connectivity index (χ2v) is 4.24. The highest BCUT2D eigenvalue weighted by Crippen LogP contribution is 2.29. The average molecular weight is 289 g/mol. The molecule has 0 aliphatic carbocycles. The molecular weight excluding hydrogens is 275 g/mol. The van der Waals surface area contributed by atoms with Gasteiger partial charge in [0.25, 0.3) is 0 Å². The van der Waals surface area contributed by atoms with E-state index in [2.05, 4.69) is 5.32 Å². The predicted molar refractivity (Wildman–Crippen MR) is 65.0 cm³/mol. The minimum Gasteiger partial charge on any atom is -0.480 e. The van der Waals surface area contributed by atoms with Crippen molar-refractivity contribution in [1.82, 2.24) is 5.32 Å². The maximum absolute atomic E-state index is 12.3. The third kappa shape index (κ3) is 4.56. The second-order valence-electron chi connectivity index (χ2n) is 4.24. The van der Waals surface area contributed by atoms with E-state index in [0.717, 1.165) is 12.1 Å². The molecule has 1 atom stereocenters. The van der Waals surface area contributed by atoms with E-state index < -0.39 is 29.7 Å². The van der Waals surface area contributed by atoms with Gasteiger partial charge in [-0.1, -0.05) is 19.1 Å². The Labute approximate surface area is 113 Å². The Kier molecular flexibility index (Phi) is 5.12. The molecule has 110 valence electrons. The first-order valence-electron chi connectivity index (χ1n) is 5.92. The summed E-state index contributed by atoms with van der Waals surface area (Å²) in [6, 6.07) is 3.18. The first-order valence-corrected chi connectivity index (χ1v) is 5.92. The molecule has 20 heavy (non-hydrogen) atoms. The highest BCUT2D eigenvalue weighted by Gasteiger charge is 2.30. The van der Waals surface area contributed by atoms with Gasteiger partial charge in [0.2, 0.25) is 5.91 Å². The standard InChI is InChI=1S/C13H14F3NO3/c1-2-10(12(19)20)17-11(18)7-8-3-5-9(6-4-8)13(14,15)16/h3-6,10H,2,7H2,1H3,(H,17,18)(H,19,20)/t10-/m1/s1. The minimum atomic E-state index is -4.42. The largest absolute Gasteiger partial charge is 0.480 e. The van der Waals surface area contributed by atoms with Crippen molar-refractivity contribution in [1.29, 1.82) is 0 Å².